The van der Waals surface area contributed by atoms with Crippen LogP contribution in [0, 0.1) is 0 Å². The van der Waals surface area contributed by atoms with E-state index in [1.807, 2.05) is 0 Å². The largest absolute Gasteiger partial charge is 0.106 e. The lowest BCUT2D eigenvalue weighted by molar-refractivity contribution is 0.692. The summed E-state index contributed by atoms with van der Waals surface area (Å²) in [5.41, 5.74) is 3.83. The molecule has 0 nitrogen and oxygen atoms in total. The fourth-order valence-electron chi connectivity index (χ4n) is 2.81. The summed E-state index contributed by atoms with van der Waals surface area (Å²) in [7, 11) is 0. The highest BCUT2D eigenvalue weighted by molar-refractivity contribution is 5.49. The Labute approximate surface area is 133 Å². The average Bonchev–Trinajstić information content (AvgIpc) is 2.65. The van der Waals surface area contributed by atoms with E-state index in [9.17, 15) is 0 Å². The normalized spacial score (nSPS) is 10.4. The second-order valence-electron chi connectivity index (χ2n) is 5.22. The van der Waals surface area contributed by atoms with Crippen molar-refractivity contribution in [2.24, 2.45) is 0 Å². The summed E-state index contributed by atoms with van der Waals surface area (Å²) in [5.74, 6) is 0. The fourth-order valence-corrected chi connectivity index (χ4v) is 2.81. The molecule has 0 heteroatoms. The SMILES string of the molecule is C=C.CC(c1ccccc1)(c1ccccc1)c1ccccc1. The minimum absolute atomic E-state index is 0.121. The van der Waals surface area contributed by atoms with Crippen molar-refractivity contribution in [2.75, 3.05) is 0 Å². The Morgan fingerprint density at radius 1 is 0.500 bits per heavy atom. The molecule has 0 heterocycles. The summed E-state index contributed by atoms with van der Waals surface area (Å²) in [5, 5.41) is 0. The summed E-state index contributed by atoms with van der Waals surface area (Å²) in [6, 6.07) is 32.1. The number of benzene rings is 3. The molecule has 0 aliphatic rings. The predicted octanol–water partition coefficient (Wildman–Crippen LogP) is 5.84. The van der Waals surface area contributed by atoms with Crippen LogP contribution in [0.2, 0.25) is 0 Å². The lowest BCUT2D eigenvalue weighted by atomic mass is 9.71. The van der Waals surface area contributed by atoms with Crippen LogP contribution in [0.25, 0.3) is 0 Å². The van der Waals surface area contributed by atoms with Gasteiger partial charge >= 0.3 is 0 Å². The molecule has 0 spiro atoms. The smallest absolute Gasteiger partial charge is 0.0423 e. The molecule has 0 saturated heterocycles. The van der Waals surface area contributed by atoms with Crippen molar-refractivity contribution in [3.05, 3.63) is 121 Å². The third-order valence-corrected chi connectivity index (χ3v) is 4.05. The molecule has 0 fully saturated rings. The maximum atomic E-state index is 3.00. The van der Waals surface area contributed by atoms with Crippen molar-refractivity contribution in [1.82, 2.24) is 0 Å². The molecule has 0 atom stereocenters. The van der Waals surface area contributed by atoms with E-state index >= 15 is 0 Å². The molecule has 0 N–H and O–H groups in total. The van der Waals surface area contributed by atoms with Crippen LogP contribution < -0.4 is 0 Å². The van der Waals surface area contributed by atoms with E-state index in [4.69, 9.17) is 0 Å². The number of rotatable bonds is 3. The zero-order chi connectivity index (χ0) is 15.8. The molecular weight excluding hydrogens is 264 g/mol. The van der Waals surface area contributed by atoms with Crippen molar-refractivity contribution in [3.63, 3.8) is 0 Å². The van der Waals surface area contributed by atoms with Gasteiger partial charge in [-0.05, 0) is 23.6 Å². The summed E-state index contributed by atoms with van der Waals surface area (Å²) in [6.07, 6.45) is 0. The molecule has 3 aromatic carbocycles. The first-order valence-corrected chi connectivity index (χ1v) is 7.48. The second-order valence-corrected chi connectivity index (χ2v) is 5.22. The van der Waals surface area contributed by atoms with E-state index in [1.165, 1.54) is 16.7 Å². The van der Waals surface area contributed by atoms with Crippen LogP contribution in [-0.2, 0) is 5.41 Å². The maximum absolute atomic E-state index is 3.00. The van der Waals surface area contributed by atoms with Crippen molar-refractivity contribution >= 4 is 0 Å². The fraction of sp³-hybridized carbons (Fsp3) is 0.0909. The molecule has 0 aliphatic carbocycles. The van der Waals surface area contributed by atoms with Gasteiger partial charge in [0.05, 0.1) is 0 Å². The van der Waals surface area contributed by atoms with Crippen LogP contribution in [-0.4, -0.2) is 0 Å². The van der Waals surface area contributed by atoms with Gasteiger partial charge in [-0.3, -0.25) is 0 Å². The van der Waals surface area contributed by atoms with Crippen LogP contribution in [0.3, 0.4) is 0 Å². The highest BCUT2D eigenvalue weighted by Crippen LogP contribution is 2.38. The van der Waals surface area contributed by atoms with Crippen LogP contribution in [0.5, 0.6) is 0 Å². The van der Waals surface area contributed by atoms with Crippen LogP contribution in [0.1, 0.15) is 23.6 Å². The van der Waals surface area contributed by atoms with Crippen molar-refractivity contribution in [2.45, 2.75) is 12.3 Å². The first-order chi connectivity index (χ1) is 10.8. The Bertz CT molecular complexity index is 572. The molecule has 0 radical (unpaired) electrons. The van der Waals surface area contributed by atoms with Gasteiger partial charge in [0.2, 0.25) is 0 Å². The average molecular weight is 286 g/mol. The van der Waals surface area contributed by atoms with Gasteiger partial charge < -0.3 is 0 Å². The molecule has 3 aromatic rings. The Morgan fingerprint density at radius 3 is 0.955 bits per heavy atom. The third kappa shape index (κ3) is 3.01. The zero-order valence-electron chi connectivity index (χ0n) is 13.1. The quantitative estimate of drug-likeness (QED) is 0.419. The van der Waals surface area contributed by atoms with Gasteiger partial charge in [0.1, 0.15) is 0 Å². The highest BCUT2D eigenvalue weighted by Gasteiger charge is 2.30. The van der Waals surface area contributed by atoms with Crippen LogP contribution >= 0.6 is 0 Å². The lowest BCUT2D eigenvalue weighted by Crippen LogP contribution is -2.25. The molecular formula is C22H22. The molecule has 0 saturated carbocycles. The summed E-state index contributed by atoms with van der Waals surface area (Å²) >= 11 is 0. The predicted molar refractivity (Wildman–Crippen MR) is 96.1 cm³/mol. The molecule has 3 rings (SSSR count). The molecule has 0 bridgehead atoms. The zero-order valence-corrected chi connectivity index (χ0v) is 13.1. The number of hydrogen-bond donors (Lipinski definition) is 0. The van der Waals surface area contributed by atoms with Crippen molar-refractivity contribution in [1.29, 1.82) is 0 Å². The summed E-state index contributed by atoms with van der Waals surface area (Å²) in [6.45, 7) is 8.30. The third-order valence-electron chi connectivity index (χ3n) is 4.05. The van der Waals surface area contributed by atoms with E-state index in [2.05, 4.69) is 111 Å². The van der Waals surface area contributed by atoms with Gasteiger partial charge in [-0.2, -0.15) is 0 Å². The second kappa shape index (κ2) is 7.42. The van der Waals surface area contributed by atoms with Gasteiger partial charge in [0, 0.05) is 5.41 Å². The van der Waals surface area contributed by atoms with E-state index in [1.54, 1.807) is 0 Å². The Balaban J connectivity index is 0.000000847. The highest BCUT2D eigenvalue weighted by atomic mass is 14.3. The maximum Gasteiger partial charge on any atom is 0.0423 e. The first kappa shape index (κ1) is 15.8. The minimum atomic E-state index is -0.121. The van der Waals surface area contributed by atoms with Crippen molar-refractivity contribution < 1.29 is 0 Å². The van der Waals surface area contributed by atoms with E-state index in [0.29, 0.717) is 0 Å². The molecule has 22 heavy (non-hydrogen) atoms. The van der Waals surface area contributed by atoms with Crippen molar-refractivity contribution in [3.8, 4) is 0 Å². The van der Waals surface area contributed by atoms with Gasteiger partial charge in [0.25, 0.3) is 0 Å². The summed E-state index contributed by atoms with van der Waals surface area (Å²) in [4.78, 5) is 0. The first-order valence-electron chi connectivity index (χ1n) is 7.48. The molecule has 0 aliphatic heterocycles. The van der Waals surface area contributed by atoms with E-state index < -0.39 is 0 Å². The van der Waals surface area contributed by atoms with Crippen LogP contribution in [0.4, 0.5) is 0 Å². The van der Waals surface area contributed by atoms with E-state index in [-0.39, 0.29) is 5.41 Å². The Hall–Kier alpha value is -2.60. The van der Waals surface area contributed by atoms with Gasteiger partial charge in [-0.15, -0.1) is 13.2 Å². The summed E-state index contributed by atoms with van der Waals surface area (Å²) < 4.78 is 0. The topological polar surface area (TPSA) is 0 Å². The minimum Gasteiger partial charge on any atom is -0.106 e. The van der Waals surface area contributed by atoms with Crippen LogP contribution in [0.15, 0.2) is 104 Å². The van der Waals surface area contributed by atoms with Gasteiger partial charge in [-0.1, -0.05) is 91.0 Å². The molecule has 110 valence electrons. The monoisotopic (exact) mass is 286 g/mol. The molecule has 0 aromatic heterocycles. The standard InChI is InChI=1S/C20H18.C2H4/c1-20(17-11-5-2-6-12-17,18-13-7-3-8-14-18)19-15-9-4-10-16-19;1-2/h2-16H,1H3;1-2H2. The lowest BCUT2D eigenvalue weighted by Gasteiger charge is -2.31. The van der Waals surface area contributed by atoms with E-state index in [0.717, 1.165) is 0 Å². The number of hydrogen-bond acceptors (Lipinski definition) is 0. The molecule has 0 unspecified atom stereocenters. The Kier molecular flexibility index (Phi) is 5.32. The Morgan fingerprint density at radius 2 is 0.727 bits per heavy atom. The molecule has 0 amide bonds. The van der Waals surface area contributed by atoms with Gasteiger partial charge in [-0.25, -0.2) is 0 Å². The van der Waals surface area contributed by atoms with Gasteiger partial charge in [0.15, 0.2) is 0 Å².